The van der Waals surface area contributed by atoms with Crippen LogP contribution in [0.15, 0.2) is 158 Å². The maximum Gasteiger partial charge on any atom is 0.155 e. The van der Waals surface area contributed by atoms with Gasteiger partial charge in [0.2, 0.25) is 0 Å². The Hall–Kier alpha value is -5.25. The number of nitrogens with zero attached hydrogens (tertiary/aromatic N) is 2. The van der Waals surface area contributed by atoms with Gasteiger partial charge >= 0.3 is 0 Å². The molecular weight excluding hydrogens is 529 g/mol. The molecule has 0 saturated heterocycles. The van der Waals surface area contributed by atoms with E-state index in [-0.39, 0.29) is 0 Å². The van der Waals surface area contributed by atoms with E-state index in [1.807, 2.05) is 6.20 Å². The maximum absolute atomic E-state index is 4.99. The van der Waals surface area contributed by atoms with Crippen LogP contribution in [0.25, 0.3) is 53.2 Å². The fourth-order valence-electron chi connectivity index (χ4n) is 5.89. The fraction of sp³-hybridized carbons (Fsp3) is 0. The lowest BCUT2D eigenvalue weighted by Crippen LogP contribution is -2.11. The van der Waals surface area contributed by atoms with Crippen molar-refractivity contribution in [2.75, 3.05) is 4.90 Å². The lowest BCUT2D eigenvalue weighted by atomic mass is 9.98. The van der Waals surface area contributed by atoms with Crippen molar-refractivity contribution in [1.29, 1.82) is 0 Å². The van der Waals surface area contributed by atoms with Gasteiger partial charge in [0.25, 0.3) is 0 Å². The number of fused-ring (bicyclic) bond motifs is 4. The summed E-state index contributed by atoms with van der Waals surface area (Å²) in [5.41, 5.74) is 6.98. The standard InChI is InChI=1S/C39H26N2S/c1-2-9-27(10-3-1)28-17-21-31(22-18-28)41(39-38-36(25-26-40-39)35-14-6-7-16-37(35)42-38)32-23-19-30(20-24-32)34-15-8-12-29-11-4-5-13-33(29)34/h1-26H. The molecule has 2 heterocycles. The first-order valence-corrected chi connectivity index (χ1v) is 15.0. The molecule has 0 N–H and O–H groups in total. The van der Waals surface area contributed by atoms with Crippen molar-refractivity contribution in [2.24, 2.45) is 0 Å². The molecule has 0 saturated carbocycles. The van der Waals surface area contributed by atoms with Crippen molar-refractivity contribution < 1.29 is 0 Å². The van der Waals surface area contributed by atoms with Crippen molar-refractivity contribution in [1.82, 2.24) is 4.98 Å². The molecule has 2 nitrogen and oxygen atoms in total. The number of hydrogen-bond acceptors (Lipinski definition) is 3. The lowest BCUT2D eigenvalue weighted by Gasteiger charge is -2.25. The minimum Gasteiger partial charge on any atom is -0.294 e. The van der Waals surface area contributed by atoms with Crippen LogP contribution in [0.4, 0.5) is 17.2 Å². The quantitative estimate of drug-likeness (QED) is 0.210. The molecule has 0 aliphatic carbocycles. The third kappa shape index (κ3) is 4.23. The van der Waals surface area contributed by atoms with Crippen molar-refractivity contribution in [2.45, 2.75) is 0 Å². The summed E-state index contributed by atoms with van der Waals surface area (Å²) in [6, 6.07) is 54.1. The Kier molecular flexibility index (Phi) is 6.02. The molecule has 8 aromatic rings. The van der Waals surface area contributed by atoms with Crippen LogP contribution >= 0.6 is 11.3 Å². The van der Waals surface area contributed by atoms with E-state index in [9.17, 15) is 0 Å². The van der Waals surface area contributed by atoms with Gasteiger partial charge in [0.05, 0.1) is 4.70 Å². The molecule has 0 bridgehead atoms. The van der Waals surface area contributed by atoms with E-state index in [0.717, 1.165) is 17.2 Å². The van der Waals surface area contributed by atoms with E-state index in [4.69, 9.17) is 4.98 Å². The second-order valence-corrected chi connectivity index (χ2v) is 11.5. The molecule has 3 heteroatoms. The average Bonchev–Trinajstić information content (AvgIpc) is 3.45. The summed E-state index contributed by atoms with van der Waals surface area (Å²) < 4.78 is 2.45. The van der Waals surface area contributed by atoms with Gasteiger partial charge in [0, 0.05) is 33.0 Å². The largest absolute Gasteiger partial charge is 0.294 e. The first-order chi connectivity index (χ1) is 20.8. The highest BCUT2D eigenvalue weighted by Gasteiger charge is 2.19. The molecule has 0 spiro atoms. The Balaban J connectivity index is 1.28. The van der Waals surface area contributed by atoms with E-state index in [0.29, 0.717) is 0 Å². The van der Waals surface area contributed by atoms with Gasteiger partial charge in [-0.2, -0.15) is 0 Å². The number of benzene rings is 6. The molecule has 0 fully saturated rings. The van der Waals surface area contributed by atoms with Crippen molar-refractivity contribution >= 4 is 59.5 Å². The molecule has 0 aliphatic rings. The Labute approximate surface area is 248 Å². The monoisotopic (exact) mass is 554 g/mol. The van der Waals surface area contributed by atoms with E-state index >= 15 is 0 Å². The summed E-state index contributed by atoms with van der Waals surface area (Å²) in [5, 5.41) is 5.02. The number of rotatable bonds is 5. The Morgan fingerprint density at radius 3 is 1.86 bits per heavy atom. The SMILES string of the molecule is c1ccc(-c2ccc(N(c3ccc(-c4cccc5ccccc45)cc3)c3nccc4c3sc3ccccc34)cc2)cc1. The topological polar surface area (TPSA) is 16.1 Å². The molecule has 42 heavy (non-hydrogen) atoms. The maximum atomic E-state index is 4.99. The second-order valence-electron chi connectivity index (χ2n) is 10.4. The first kappa shape index (κ1) is 24.5. The second kappa shape index (κ2) is 10.3. The van der Waals surface area contributed by atoms with Gasteiger partial charge in [-0.3, -0.25) is 4.90 Å². The van der Waals surface area contributed by atoms with Crippen LogP contribution in [0.5, 0.6) is 0 Å². The fourth-order valence-corrected chi connectivity index (χ4v) is 7.07. The first-order valence-electron chi connectivity index (χ1n) is 14.1. The summed E-state index contributed by atoms with van der Waals surface area (Å²) in [6.45, 7) is 0. The van der Waals surface area contributed by atoms with Gasteiger partial charge in [-0.1, -0.05) is 115 Å². The zero-order chi connectivity index (χ0) is 27.9. The Morgan fingerprint density at radius 2 is 1.07 bits per heavy atom. The predicted octanol–water partition coefficient (Wildman–Crippen LogP) is 11.4. The highest BCUT2D eigenvalue weighted by Crippen LogP contribution is 2.44. The third-order valence-electron chi connectivity index (χ3n) is 7.95. The van der Waals surface area contributed by atoms with E-state index in [1.165, 1.54) is 53.2 Å². The molecule has 0 radical (unpaired) electrons. The molecule has 0 amide bonds. The summed E-state index contributed by atoms with van der Waals surface area (Å²) in [5.74, 6) is 0.944. The number of anilines is 3. The van der Waals surface area contributed by atoms with Crippen molar-refractivity contribution in [3.63, 3.8) is 0 Å². The Bertz CT molecular complexity index is 2170. The van der Waals surface area contributed by atoms with Crippen LogP contribution in [0.2, 0.25) is 0 Å². The number of thiophene rings is 1. The van der Waals surface area contributed by atoms with Gasteiger partial charge in [-0.05, 0) is 69.4 Å². The van der Waals surface area contributed by atoms with Crippen LogP contribution in [-0.2, 0) is 0 Å². The summed E-state index contributed by atoms with van der Waals surface area (Å²) >= 11 is 1.80. The van der Waals surface area contributed by atoms with Crippen molar-refractivity contribution in [3.8, 4) is 22.3 Å². The zero-order valence-electron chi connectivity index (χ0n) is 22.8. The lowest BCUT2D eigenvalue weighted by molar-refractivity contribution is 1.20. The molecule has 0 aliphatic heterocycles. The molecule has 198 valence electrons. The smallest absolute Gasteiger partial charge is 0.155 e. The van der Waals surface area contributed by atoms with Crippen LogP contribution in [0, 0.1) is 0 Å². The molecular formula is C39H26N2S. The minimum absolute atomic E-state index is 0.944. The summed E-state index contributed by atoms with van der Waals surface area (Å²) in [4.78, 5) is 7.28. The van der Waals surface area contributed by atoms with Gasteiger partial charge < -0.3 is 0 Å². The van der Waals surface area contributed by atoms with Crippen LogP contribution in [0.3, 0.4) is 0 Å². The molecule has 2 aromatic heterocycles. The normalized spacial score (nSPS) is 11.3. The summed E-state index contributed by atoms with van der Waals surface area (Å²) in [6.07, 6.45) is 1.94. The van der Waals surface area contributed by atoms with Crippen LogP contribution < -0.4 is 4.90 Å². The third-order valence-corrected chi connectivity index (χ3v) is 9.13. The summed E-state index contributed by atoms with van der Waals surface area (Å²) in [7, 11) is 0. The van der Waals surface area contributed by atoms with Gasteiger partial charge in [-0.25, -0.2) is 4.98 Å². The number of aromatic nitrogens is 1. The Morgan fingerprint density at radius 1 is 0.452 bits per heavy atom. The number of hydrogen-bond donors (Lipinski definition) is 0. The minimum atomic E-state index is 0.944. The van der Waals surface area contributed by atoms with Gasteiger partial charge in [-0.15, -0.1) is 11.3 Å². The molecule has 6 aromatic carbocycles. The van der Waals surface area contributed by atoms with E-state index < -0.39 is 0 Å². The molecule has 8 rings (SSSR count). The molecule has 0 unspecified atom stereocenters. The number of pyridine rings is 1. The van der Waals surface area contributed by atoms with Crippen LogP contribution in [0.1, 0.15) is 0 Å². The average molecular weight is 555 g/mol. The predicted molar refractivity (Wildman–Crippen MR) is 180 cm³/mol. The highest BCUT2D eigenvalue weighted by atomic mass is 32.1. The van der Waals surface area contributed by atoms with E-state index in [2.05, 4.69) is 157 Å². The van der Waals surface area contributed by atoms with E-state index in [1.54, 1.807) is 11.3 Å². The van der Waals surface area contributed by atoms with Crippen LogP contribution in [-0.4, -0.2) is 4.98 Å². The highest BCUT2D eigenvalue weighted by molar-refractivity contribution is 7.26. The van der Waals surface area contributed by atoms with Gasteiger partial charge in [0.1, 0.15) is 0 Å². The molecule has 0 atom stereocenters. The van der Waals surface area contributed by atoms with Gasteiger partial charge in [0.15, 0.2) is 5.82 Å². The zero-order valence-corrected chi connectivity index (χ0v) is 23.6. The van der Waals surface area contributed by atoms with Crippen molar-refractivity contribution in [3.05, 3.63) is 158 Å².